The molecule has 7 heteroatoms. The van der Waals surface area contributed by atoms with Crippen molar-refractivity contribution in [3.8, 4) is 0 Å². The molecule has 1 saturated carbocycles. The van der Waals surface area contributed by atoms with E-state index in [0.29, 0.717) is 27.2 Å². The molecule has 29 heavy (non-hydrogen) atoms. The summed E-state index contributed by atoms with van der Waals surface area (Å²) >= 11 is 1.31. The second-order valence-electron chi connectivity index (χ2n) is 7.50. The van der Waals surface area contributed by atoms with E-state index in [9.17, 15) is 13.2 Å². The van der Waals surface area contributed by atoms with Crippen molar-refractivity contribution in [3.63, 3.8) is 0 Å². The summed E-state index contributed by atoms with van der Waals surface area (Å²) in [5.41, 5.74) is 0.511. The third-order valence-electron chi connectivity index (χ3n) is 5.42. The molecule has 1 N–H and O–H groups in total. The molecule has 1 amide bonds. The van der Waals surface area contributed by atoms with Gasteiger partial charge in [-0.25, -0.2) is 13.4 Å². The number of sulfone groups is 1. The summed E-state index contributed by atoms with van der Waals surface area (Å²) in [4.78, 5) is 17.5. The lowest BCUT2D eigenvalue weighted by molar-refractivity contribution is 0.0915. The maximum atomic E-state index is 12.8. The first-order valence-corrected chi connectivity index (χ1v) is 12.8. The Morgan fingerprint density at radius 2 is 1.86 bits per heavy atom. The summed E-state index contributed by atoms with van der Waals surface area (Å²) in [5, 5.41) is 3.70. The van der Waals surface area contributed by atoms with E-state index in [0.717, 1.165) is 12.8 Å². The highest BCUT2D eigenvalue weighted by Gasteiger charge is 2.23. The molecule has 0 unspecified atom stereocenters. The van der Waals surface area contributed by atoms with Gasteiger partial charge in [0.25, 0.3) is 5.91 Å². The predicted octanol–water partition coefficient (Wildman–Crippen LogP) is 4.35. The van der Waals surface area contributed by atoms with Gasteiger partial charge in [0.1, 0.15) is 5.03 Å². The van der Waals surface area contributed by atoms with Crippen molar-refractivity contribution in [1.29, 1.82) is 0 Å². The van der Waals surface area contributed by atoms with Crippen LogP contribution in [0, 0.1) is 5.92 Å². The summed E-state index contributed by atoms with van der Waals surface area (Å²) in [6, 6.07) is 12.1. The third-order valence-corrected chi connectivity index (χ3v) is 8.42. The van der Waals surface area contributed by atoms with Crippen LogP contribution in [-0.4, -0.2) is 36.9 Å². The molecule has 0 spiro atoms. The fourth-order valence-electron chi connectivity index (χ4n) is 3.71. The lowest BCUT2D eigenvalue weighted by Gasteiger charge is -2.28. The van der Waals surface area contributed by atoms with Gasteiger partial charge in [0.05, 0.1) is 16.2 Å². The average molecular weight is 433 g/mol. The number of nitrogens with one attached hydrogen (secondary N) is 1. The monoisotopic (exact) mass is 432 g/mol. The largest absolute Gasteiger partial charge is 0.349 e. The van der Waals surface area contributed by atoms with Crippen LogP contribution in [0.3, 0.4) is 0 Å². The molecule has 1 atom stereocenters. The molecule has 1 aliphatic carbocycles. The molecule has 1 aromatic carbocycles. The molecule has 0 radical (unpaired) electrons. The lowest BCUT2D eigenvalue weighted by atomic mass is 9.84. The highest BCUT2D eigenvalue weighted by atomic mass is 32.2. The molecule has 1 aromatic heterocycles. The predicted molar refractivity (Wildman–Crippen MR) is 117 cm³/mol. The Morgan fingerprint density at radius 3 is 2.59 bits per heavy atom. The van der Waals surface area contributed by atoms with Crippen LogP contribution in [0.25, 0.3) is 0 Å². The first-order valence-electron chi connectivity index (χ1n) is 10.1. The van der Waals surface area contributed by atoms with E-state index in [4.69, 9.17) is 0 Å². The maximum Gasteiger partial charge on any atom is 0.254 e. The molecule has 0 bridgehead atoms. The zero-order chi connectivity index (χ0) is 20.7. The highest BCUT2D eigenvalue weighted by Crippen LogP contribution is 2.27. The van der Waals surface area contributed by atoms with Crippen LogP contribution in [0.15, 0.2) is 58.6 Å². The molecule has 2 aromatic rings. The number of carbonyl (C=O) groups excluding carboxylic acids is 1. The third kappa shape index (κ3) is 6.06. The standard InChI is InChI=1S/C22H28N2O3S2/c1-17(18-9-4-2-5-10-18)24-21(25)20-13-8-14-23-22(20)28-15-16-29(26,27)19-11-6-3-7-12-19/h3,6-8,11-14,17-18H,2,4-5,9-10,15-16H2,1H3,(H,24,25)/t17-/m1/s1. The van der Waals surface area contributed by atoms with Crippen molar-refractivity contribution < 1.29 is 13.2 Å². The van der Waals surface area contributed by atoms with Gasteiger partial charge in [-0.05, 0) is 49.9 Å². The van der Waals surface area contributed by atoms with Gasteiger partial charge < -0.3 is 5.32 Å². The van der Waals surface area contributed by atoms with Gasteiger partial charge in [0.15, 0.2) is 9.84 Å². The van der Waals surface area contributed by atoms with E-state index >= 15 is 0 Å². The van der Waals surface area contributed by atoms with Crippen LogP contribution in [0.1, 0.15) is 49.4 Å². The Labute approximate surface area is 177 Å². The Balaban J connectivity index is 1.60. The number of rotatable bonds is 8. The fourth-order valence-corrected chi connectivity index (χ4v) is 6.37. The molecule has 1 fully saturated rings. The first-order chi connectivity index (χ1) is 14.0. The number of nitrogens with zero attached hydrogens (tertiary/aromatic N) is 1. The molecule has 0 saturated heterocycles. The average Bonchev–Trinajstić information content (AvgIpc) is 2.75. The van der Waals surface area contributed by atoms with Crippen LogP contribution in [0.5, 0.6) is 0 Å². The zero-order valence-electron chi connectivity index (χ0n) is 16.7. The van der Waals surface area contributed by atoms with Crippen LogP contribution in [0.4, 0.5) is 0 Å². The zero-order valence-corrected chi connectivity index (χ0v) is 18.3. The van der Waals surface area contributed by atoms with E-state index in [1.807, 2.05) is 0 Å². The first kappa shape index (κ1) is 21.8. The molecule has 156 valence electrons. The molecular formula is C22H28N2O3S2. The molecule has 0 aliphatic heterocycles. The minimum atomic E-state index is -3.35. The topological polar surface area (TPSA) is 76.1 Å². The summed E-state index contributed by atoms with van der Waals surface area (Å²) < 4.78 is 24.9. The van der Waals surface area contributed by atoms with E-state index in [1.54, 1.807) is 48.7 Å². The van der Waals surface area contributed by atoms with Gasteiger partial charge in [-0.2, -0.15) is 0 Å². The molecule has 5 nitrogen and oxygen atoms in total. The van der Waals surface area contributed by atoms with Crippen molar-refractivity contribution in [3.05, 3.63) is 54.2 Å². The lowest BCUT2D eigenvalue weighted by Crippen LogP contribution is -2.39. The Bertz CT molecular complexity index is 911. The van der Waals surface area contributed by atoms with Crippen molar-refractivity contribution >= 4 is 27.5 Å². The summed E-state index contributed by atoms with van der Waals surface area (Å²) in [7, 11) is -3.35. The normalized spacial score (nSPS) is 16.3. The molecule has 1 aliphatic rings. The van der Waals surface area contributed by atoms with Crippen molar-refractivity contribution in [2.75, 3.05) is 11.5 Å². The van der Waals surface area contributed by atoms with Gasteiger partial charge in [0, 0.05) is 18.0 Å². The van der Waals surface area contributed by atoms with Crippen LogP contribution in [-0.2, 0) is 9.84 Å². The van der Waals surface area contributed by atoms with Gasteiger partial charge in [0.2, 0.25) is 0 Å². The molecular weight excluding hydrogens is 404 g/mol. The number of aromatic nitrogens is 1. The second kappa shape index (κ2) is 10.3. The van der Waals surface area contributed by atoms with Crippen LogP contribution in [0.2, 0.25) is 0 Å². The Kier molecular flexibility index (Phi) is 7.72. The smallest absolute Gasteiger partial charge is 0.254 e. The van der Waals surface area contributed by atoms with Gasteiger partial charge >= 0.3 is 0 Å². The van der Waals surface area contributed by atoms with Gasteiger partial charge in [-0.3, -0.25) is 4.79 Å². The maximum absolute atomic E-state index is 12.8. The molecule has 3 rings (SSSR count). The minimum Gasteiger partial charge on any atom is -0.349 e. The van der Waals surface area contributed by atoms with E-state index in [-0.39, 0.29) is 17.7 Å². The summed E-state index contributed by atoms with van der Waals surface area (Å²) in [6.07, 6.45) is 7.70. The van der Waals surface area contributed by atoms with Crippen LogP contribution < -0.4 is 5.32 Å². The van der Waals surface area contributed by atoms with E-state index in [2.05, 4.69) is 17.2 Å². The number of pyridine rings is 1. The van der Waals surface area contributed by atoms with Crippen molar-refractivity contribution in [2.24, 2.45) is 5.92 Å². The number of hydrogen-bond donors (Lipinski definition) is 1. The summed E-state index contributed by atoms with van der Waals surface area (Å²) in [6.45, 7) is 2.07. The van der Waals surface area contributed by atoms with E-state index in [1.165, 1.54) is 31.0 Å². The number of carbonyl (C=O) groups is 1. The number of amides is 1. The van der Waals surface area contributed by atoms with Gasteiger partial charge in [-0.1, -0.05) is 37.5 Å². The SMILES string of the molecule is C[C@@H](NC(=O)c1cccnc1SCCS(=O)(=O)c1ccccc1)C1CCCCC1. The Hall–Kier alpha value is -1.86. The minimum absolute atomic E-state index is 0.00219. The Morgan fingerprint density at radius 1 is 1.14 bits per heavy atom. The van der Waals surface area contributed by atoms with Crippen LogP contribution >= 0.6 is 11.8 Å². The molecule has 1 heterocycles. The quantitative estimate of drug-likeness (QED) is 0.628. The highest BCUT2D eigenvalue weighted by molar-refractivity contribution is 8.00. The number of benzene rings is 1. The van der Waals surface area contributed by atoms with E-state index < -0.39 is 9.84 Å². The summed E-state index contributed by atoms with van der Waals surface area (Å²) in [5.74, 6) is 0.728. The van der Waals surface area contributed by atoms with Crippen molar-refractivity contribution in [2.45, 2.75) is 55.0 Å². The second-order valence-corrected chi connectivity index (χ2v) is 10.7. The number of thioether (sulfide) groups is 1. The number of hydrogen-bond acceptors (Lipinski definition) is 5. The van der Waals surface area contributed by atoms with Gasteiger partial charge in [-0.15, -0.1) is 11.8 Å². The van der Waals surface area contributed by atoms with Crippen molar-refractivity contribution in [1.82, 2.24) is 10.3 Å². The fraction of sp³-hybridized carbons (Fsp3) is 0.455.